The zero-order chi connectivity index (χ0) is 14.2. The number of fused-ring (bicyclic) bond motifs is 2. The van der Waals surface area contributed by atoms with E-state index in [0.29, 0.717) is 37.2 Å². The van der Waals surface area contributed by atoms with Crippen molar-refractivity contribution in [2.75, 3.05) is 13.2 Å². The molecule has 0 aromatic heterocycles. The Bertz CT molecular complexity index is 543. The molecule has 106 valence electrons. The number of ether oxygens (including phenoxy) is 1. The molecule has 1 aromatic carbocycles. The van der Waals surface area contributed by atoms with Gasteiger partial charge in [0.2, 0.25) is 0 Å². The molecular formula is C15H17FN2O2. The molecule has 0 aliphatic carbocycles. The average molecular weight is 276 g/mol. The van der Waals surface area contributed by atoms with Crippen molar-refractivity contribution < 1.29 is 14.2 Å². The maximum atomic E-state index is 14.3. The Kier molecular flexibility index (Phi) is 3.47. The second kappa shape index (κ2) is 5.13. The third kappa shape index (κ3) is 2.42. The lowest BCUT2D eigenvalue weighted by molar-refractivity contribution is -0.0817. The molecule has 5 heteroatoms. The van der Waals surface area contributed by atoms with Crippen molar-refractivity contribution in [1.29, 1.82) is 5.26 Å². The molecule has 2 saturated heterocycles. The molecule has 2 atom stereocenters. The highest BCUT2D eigenvalue weighted by molar-refractivity contribution is 5.31. The third-order valence-electron chi connectivity index (χ3n) is 4.10. The third-order valence-corrected chi connectivity index (χ3v) is 4.10. The minimum absolute atomic E-state index is 0.0608. The summed E-state index contributed by atoms with van der Waals surface area (Å²) in [5.74, 6) is -0.429. The van der Waals surface area contributed by atoms with Crippen molar-refractivity contribution >= 4 is 0 Å². The van der Waals surface area contributed by atoms with Crippen molar-refractivity contribution in [3.63, 3.8) is 0 Å². The molecule has 3 rings (SSSR count). The van der Waals surface area contributed by atoms with Gasteiger partial charge in [0.25, 0.3) is 0 Å². The highest BCUT2D eigenvalue weighted by Crippen LogP contribution is 2.38. The van der Waals surface area contributed by atoms with Crippen LogP contribution in [0.3, 0.4) is 0 Å². The number of hydrogen-bond acceptors (Lipinski definition) is 4. The molecule has 1 aromatic rings. The van der Waals surface area contributed by atoms with Gasteiger partial charge in [-0.05, 0) is 24.5 Å². The van der Waals surface area contributed by atoms with Crippen LogP contribution in [-0.4, -0.2) is 30.4 Å². The number of hydrogen-bond donors (Lipinski definition) is 2. The zero-order valence-electron chi connectivity index (χ0n) is 11.1. The second-order valence-electron chi connectivity index (χ2n) is 5.69. The minimum atomic E-state index is -1.15. The standard InChI is InChI=1S/C15H17FN2O2/c16-14-5-10(3-4-17)1-2-13(14)15(19)6-11-8-20-9-12(7-15)18-11/h1-2,5,11-12,18-19H,3,6-9H2. The van der Waals surface area contributed by atoms with E-state index in [1.165, 1.54) is 6.07 Å². The summed E-state index contributed by atoms with van der Waals surface area (Å²) in [6, 6.07) is 6.80. The number of aliphatic hydroxyl groups is 1. The summed E-state index contributed by atoms with van der Waals surface area (Å²) in [5.41, 5.74) is -0.188. The predicted molar refractivity (Wildman–Crippen MR) is 70.4 cm³/mol. The Morgan fingerprint density at radius 1 is 1.40 bits per heavy atom. The second-order valence-corrected chi connectivity index (χ2v) is 5.69. The van der Waals surface area contributed by atoms with Crippen molar-refractivity contribution in [3.05, 3.63) is 35.1 Å². The van der Waals surface area contributed by atoms with Crippen LogP contribution < -0.4 is 5.32 Å². The van der Waals surface area contributed by atoms with Gasteiger partial charge in [-0.15, -0.1) is 0 Å². The number of halogens is 1. The maximum Gasteiger partial charge on any atom is 0.129 e. The lowest BCUT2D eigenvalue weighted by atomic mass is 9.77. The predicted octanol–water partition coefficient (Wildman–Crippen LogP) is 1.23. The van der Waals surface area contributed by atoms with Crippen LogP contribution in [0.2, 0.25) is 0 Å². The summed E-state index contributed by atoms with van der Waals surface area (Å²) < 4.78 is 19.7. The van der Waals surface area contributed by atoms with Crippen LogP contribution in [0.1, 0.15) is 24.0 Å². The molecular weight excluding hydrogens is 259 g/mol. The number of nitrogens with zero attached hydrogens (tertiary/aromatic N) is 1. The first-order valence-corrected chi connectivity index (χ1v) is 6.83. The summed E-state index contributed by atoms with van der Waals surface area (Å²) >= 11 is 0. The Labute approximate surface area is 117 Å². The topological polar surface area (TPSA) is 65.3 Å². The fourth-order valence-corrected chi connectivity index (χ4v) is 3.27. The molecule has 2 aliphatic heterocycles. The number of morpholine rings is 1. The van der Waals surface area contributed by atoms with Gasteiger partial charge in [0, 0.05) is 17.6 Å². The van der Waals surface area contributed by atoms with Crippen LogP contribution in [0, 0.1) is 17.1 Å². The fourth-order valence-electron chi connectivity index (χ4n) is 3.27. The molecule has 2 unspecified atom stereocenters. The summed E-state index contributed by atoms with van der Waals surface area (Å²) in [5, 5.41) is 22.9. The molecule has 2 bridgehead atoms. The lowest BCUT2D eigenvalue weighted by Crippen LogP contribution is -2.58. The van der Waals surface area contributed by atoms with Gasteiger partial charge in [0.1, 0.15) is 5.82 Å². The Morgan fingerprint density at radius 3 is 2.70 bits per heavy atom. The quantitative estimate of drug-likeness (QED) is 0.852. The number of benzene rings is 1. The molecule has 0 amide bonds. The lowest BCUT2D eigenvalue weighted by Gasteiger charge is -2.45. The highest BCUT2D eigenvalue weighted by atomic mass is 19.1. The Balaban J connectivity index is 1.89. The fraction of sp³-hybridized carbons (Fsp3) is 0.533. The molecule has 20 heavy (non-hydrogen) atoms. The molecule has 0 saturated carbocycles. The molecule has 2 N–H and O–H groups in total. The van der Waals surface area contributed by atoms with Crippen molar-refractivity contribution in [1.82, 2.24) is 5.32 Å². The monoisotopic (exact) mass is 276 g/mol. The molecule has 0 radical (unpaired) electrons. The normalized spacial score (nSPS) is 32.6. The van der Waals surface area contributed by atoms with Crippen molar-refractivity contribution in [3.8, 4) is 6.07 Å². The number of nitrogens with one attached hydrogen (secondary N) is 1. The van der Waals surface area contributed by atoms with Gasteiger partial charge in [0.15, 0.2) is 0 Å². The summed E-state index contributed by atoms with van der Waals surface area (Å²) in [7, 11) is 0. The van der Waals surface area contributed by atoms with E-state index < -0.39 is 11.4 Å². The first kappa shape index (κ1) is 13.5. The summed E-state index contributed by atoms with van der Waals surface area (Å²) in [4.78, 5) is 0. The number of nitriles is 1. The van der Waals surface area contributed by atoms with Crippen molar-refractivity contribution in [2.24, 2.45) is 0 Å². The number of rotatable bonds is 2. The van der Waals surface area contributed by atoms with E-state index in [-0.39, 0.29) is 18.5 Å². The van der Waals surface area contributed by atoms with Crippen molar-refractivity contribution in [2.45, 2.75) is 36.9 Å². The van der Waals surface area contributed by atoms with E-state index in [4.69, 9.17) is 10.00 Å². The largest absolute Gasteiger partial charge is 0.385 e. The van der Waals surface area contributed by atoms with E-state index in [0.717, 1.165) is 0 Å². The summed E-state index contributed by atoms with van der Waals surface area (Å²) in [6.07, 6.45) is 1.06. The number of piperidine rings is 1. The van der Waals surface area contributed by atoms with Crippen LogP contribution >= 0.6 is 0 Å². The molecule has 2 heterocycles. The van der Waals surface area contributed by atoms with Gasteiger partial charge in [-0.2, -0.15) is 5.26 Å². The van der Waals surface area contributed by atoms with Crippen LogP contribution in [-0.2, 0) is 16.8 Å². The highest BCUT2D eigenvalue weighted by Gasteiger charge is 2.43. The van der Waals surface area contributed by atoms with Gasteiger partial charge in [-0.3, -0.25) is 0 Å². The molecule has 2 aliphatic rings. The van der Waals surface area contributed by atoms with Crippen LogP contribution in [0.4, 0.5) is 4.39 Å². The summed E-state index contributed by atoms with van der Waals surface area (Å²) in [6.45, 7) is 1.10. The van der Waals surface area contributed by atoms with E-state index in [1.807, 2.05) is 6.07 Å². The zero-order valence-corrected chi connectivity index (χ0v) is 11.1. The molecule has 4 nitrogen and oxygen atoms in total. The van der Waals surface area contributed by atoms with Crippen LogP contribution in [0.5, 0.6) is 0 Å². The van der Waals surface area contributed by atoms with Crippen LogP contribution in [0.15, 0.2) is 18.2 Å². The van der Waals surface area contributed by atoms with Crippen LogP contribution in [0.25, 0.3) is 0 Å². The van der Waals surface area contributed by atoms with E-state index in [1.54, 1.807) is 12.1 Å². The van der Waals surface area contributed by atoms with Gasteiger partial charge >= 0.3 is 0 Å². The Morgan fingerprint density at radius 2 is 2.10 bits per heavy atom. The molecule has 2 fully saturated rings. The van der Waals surface area contributed by atoms with Gasteiger partial charge in [-0.25, -0.2) is 4.39 Å². The van der Waals surface area contributed by atoms with E-state index in [2.05, 4.69) is 5.32 Å². The van der Waals surface area contributed by atoms with E-state index >= 15 is 0 Å². The minimum Gasteiger partial charge on any atom is -0.385 e. The first-order valence-electron chi connectivity index (χ1n) is 6.83. The average Bonchev–Trinajstić information content (AvgIpc) is 2.38. The SMILES string of the molecule is N#CCc1ccc(C2(O)CC3COCC(C2)N3)c(F)c1. The molecule has 0 spiro atoms. The van der Waals surface area contributed by atoms with Gasteiger partial charge in [-0.1, -0.05) is 12.1 Å². The van der Waals surface area contributed by atoms with E-state index in [9.17, 15) is 9.50 Å². The first-order chi connectivity index (χ1) is 9.60. The van der Waals surface area contributed by atoms with Gasteiger partial charge in [0.05, 0.1) is 31.3 Å². The Hall–Kier alpha value is -1.48. The smallest absolute Gasteiger partial charge is 0.129 e. The maximum absolute atomic E-state index is 14.3. The van der Waals surface area contributed by atoms with Gasteiger partial charge < -0.3 is 15.2 Å².